The van der Waals surface area contributed by atoms with Gasteiger partial charge in [0.05, 0.1) is 5.56 Å². The molecule has 1 amide bonds. The van der Waals surface area contributed by atoms with Crippen LogP contribution in [-0.4, -0.2) is 17.5 Å². The average Bonchev–Trinajstić information content (AvgIpc) is 2.76. The second-order valence-corrected chi connectivity index (χ2v) is 9.09. The molecule has 170 valence electrons. The second kappa shape index (κ2) is 10.7. The smallest absolute Gasteiger partial charge is 0.321 e. The van der Waals surface area contributed by atoms with E-state index in [-0.39, 0.29) is 5.91 Å². The van der Waals surface area contributed by atoms with Crippen LogP contribution in [0.4, 0.5) is 5.69 Å². The van der Waals surface area contributed by atoms with E-state index in [0.29, 0.717) is 26.9 Å². The molecule has 3 rings (SSSR count). The van der Waals surface area contributed by atoms with Gasteiger partial charge in [-0.15, -0.1) is 0 Å². The van der Waals surface area contributed by atoms with Gasteiger partial charge in [-0.1, -0.05) is 65.7 Å². The number of benzene rings is 3. The van der Waals surface area contributed by atoms with Crippen molar-refractivity contribution in [1.29, 1.82) is 0 Å². The Morgan fingerprint density at radius 2 is 1.48 bits per heavy atom. The van der Waals surface area contributed by atoms with Crippen molar-refractivity contribution in [1.82, 2.24) is 0 Å². The zero-order chi connectivity index (χ0) is 24.0. The predicted molar refractivity (Wildman–Crippen MR) is 132 cm³/mol. The van der Waals surface area contributed by atoms with E-state index in [4.69, 9.17) is 33.0 Å². The summed E-state index contributed by atoms with van der Waals surface area (Å²) in [6, 6.07) is 19.0. The maximum atomic E-state index is 12.7. The Bertz CT molecular complexity index is 1160. The van der Waals surface area contributed by atoms with Crippen molar-refractivity contribution in [2.45, 2.75) is 26.4 Å². The van der Waals surface area contributed by atoms with Gasteiger partial charge < -0.3 is 5.32 Å². The van der Waals surface area contributed by atoms with Crippen molar-refractivity contribution in [3.63, 3.8) is 0 Å². The number of rotatable bonds is 6. The number of para-hydroxylation sites is 1. The number of halogens is 2. The van der Waals surface area contributed by atoms with Gasteiger partial charge >= 0.3 is 5.97 Å². The molecule has 0 heterocycles. The third-order valence-electron chi connectivity index (χ3n) is 4.30. The van der Waals surface area contributed by atoms with Gasteiger partial charge in [0.1, 0.15) is 5.60 Å². The molecule has 0 saturated heterocycles. The lowest BCUT2D eigenvalue weighted by atomic mass is 10.1. The van der Waals surface area contributed by atoms with Crippen molar-refractivity contribution in [3.8, 4) is 0 Å². The second-order valence-electron chi connectivity index (χ2n) is 8.22. The Hall–Kier alpha value is -3.12. The molecule has 0 spiro atoms. The number of amides is 1. The molecule has 0 aliphatic carbocycles. The average molecular weight is 484 g/mol. The van der Waals surface area contributed by atoms with Crippen LogP contribution < -0.4 is 5.32 Å². The number of nitrogens with one attached hydrogen (secondary N) is 1. The van der Waals surface area contributed by atoms with Crippen molar-refractivity contribution in [2.24, 2.45) is 0 Å². The van der Waals surface area contributed by atoms with Crippen LogP contribution in [0, 0.1) is 0 Å². The first-order valence-corrected chi connectivity index (χ1v) is 10.9. The molecule has 0 radical (unpaired) electrons. The fraction of sp³-hybridized carbons (Fsp3) is 0.154. The van der Waals surface area contributed by atoms with E-state index in [9.17, 15) is 9.59 Å². The minimum atomic E-state index is -0.583. The highest BCUT2D eigenvalue weighted by Crippen LogP contribution is 2.23. The first-order chi connectivity index (χ1) is 15.6. The SMILES string of the molecule is CC(C)(C)OOC(=O)c1ccc(C=Cc2ccccc2NC(=O)c2cc(Cl)cc(Cl)c2)cc1. The minimum absolute atomic E-state index is 0.319. The first kappa shape index (κ1) is 24.5. The van der Waals surface area contributed by atoms with Gasteiger partial charge in [0.15, 0.2) is 0 Å². The zero-order valence-corrected chi connectivity index (χ0v) is 19.9. The van der Waals surface area contributed by atoms with E-state index >= 15 is 0 Å². The minimum Gasteiger partial charge on any atom is -0.321 e. The molecule has 0 fully saturated rings. The fourth-order valence-electron chi connectivity index (χ4n) is 2.76. The van der Waals surface area contributed by atoms with Crippen LogP contribution in [0.3, 0.4) is 0 Å². The number of hydrogen-bond acceptors (Lipinski definition) is 4. The van der Waals surface area contributed by atoms with Gasteiger partial charge in [-0.05, 0) is 68.3 Å². The largest absolute Gasteiger partial charge is 0.373 e. The summed E-state index contributed by atoms with van der Waals surface area (Å²) in [5, 5.41) is 3.66. The third-order valence-corrected chi connectivity index (χ3v) is 4.74. The standard InChI is InChI=1S/C26H23Cl2NO4/c1-26(2,3)33-32-25(31)19-12-9-17(10-13-19)8-11-18-6-4-5-7-23(18)29-24(30)20-14-21(27)16-22(28)15-20/h4-16H,1-3H3,(H,29,30). The zero-order valence-electron chi connectivity index (χ0n) is 18.4. The lowest BCUT2D eigenvalue weighted by molar-refractivity contribution is -0.301. The monoisotopic (exact) mass is 483 g/mol. The van der Waals surface area contributed by atoms with Crippen LogP contribution in [0.5, 0.6) is 0 Å². The molecule has 0 saturated carbocycles. The van der Waals surface area contributed by atoms with Gasteiger partial charge in [0.25, 0.3) is 5.91 Å². The van der Waals surface area contributed by atoms with Crippen LogP contribution in [0.2, 0.25) is 10.0 Å². The molecule has 7 heteroatoms. The molecule has 0 aliphatic heterocycles. The molecule has 3 aromatic carbocycles. The van der Waals surface area contributed by atoms with E-state index in [1.165, 1.54) is 0 Å². The third kappa shape index (κ3) is 7.46. The highest BCUT2D eigenvalue weighted by Gasteiger charge is 2.16. The predicted octanol–water partition coefficient (Wildman–Crippen LogP) is 7.30. The Morgan fingerprint density at radius 1 is 0.848 bits per heavy atom. The van der Waals surface area contributed by atoms with E-state index < -0.39 is 11.6 Å². The van der Waals surface area contributed by atoms with Gasteiger partial charge in [-0.2, -0.15) is 4.89 Å². The molecule has 0 bridgehead atoms. The van der Waals surface area contributed by atoms with E-state index in [0.717, 1.165) is 11.1 Å². The number of hydrogen-bond donors (Lipinski definition) is 1. The van der Waals surface area contributed by atoms with Crippen LogP contribution >= 0.6 is 23.2 Å². The van der Waals surface area contributed by atoms with Crippen LogP contribution in [0.15, 0.2) is 66.7 Å². The first-order valence-electron chi connectivity index (χ1n) is 10.2. The van der Waals surface area contributed by atoms with Crippen molar-refractivity contribution >= 4 is 52.9 Å². The highest BCUT2D eigenvalue weighted by molar-refractivity contribution is 6.35. The molecule has 3 aromatic rings. The van der Waals surface area contributed by atoms with E-state index in [2.05, 4.69) is 5.32 Å². The molecule has 0 aliphatic rings. The van der Waals surface area contributed by atoms with Gasteiger partial charge in [-0.3, -0.25) is 9.68 Å². The van der Waals surface area contributed by atoms with Crippen molar-refractivity contribution in [3.05, 3.63) is 99.0 Å². The van der Waals surface area contributed by atoms with E-state index in [1.54, 1.807) is 69.3 Å². The Balaban J connectivity index is 1.71. The summed E-state index contributed by atoms with van der Waals surface area (Å²) in [5.74, 6) is -0.879. The maximum Gasteiger partial charge on any atom is 0.373 e. The molecule has 0 atom stereocenters. The molecular formula is C26H23Cl2NO4. The van der Waals surface area contributed by atoms with Crippen LogP contribution in [0.25, 0.3) is 12.2 Å². The number of carbonyl (C=O) groups excluding carboxylic acids is 2. The van der Waals surface area contributed by atoms with E-state index in [1.807, 2.05) is 30.4 Å². The van der Waals surface area contributed by atoms with Crippen molar-refractivity contribution < 1.29 is 19.4 Å². The molecular weight excluding hydrogens is 461 g/mol. The Morgan fingerprint density at radius 3 is 2.12 bits per heavy atom. The summed E-state index contributed by atoms with van der Waals surface area (Å²) >= 11 is 12.0. The summed E-state index contributed by atoms with van der Waals surface area (Å²) in [4.78, 5) is 34.6. The number of carbonyl (C=O) groups is 2. The molecule has 5 nitrogen and oxygen atoms in total. The topological polar surface area (TPSA) is 64.6 Å². The fourth-order valence-corrected chi connectivity index (χ4v) is 3.29. The van der Waals surface area contributed by atoms with Crippen LogP contribution in [-0.2, 0) is 9.78 Å². The molecule has 33 heavy (non-hydrogen) atoms. The summed E-state index contributed by atoms with van der Waals surface area (Å²) in [5.41, 5.74) is 2.47. The van der Waals surface area contributed by atoms with Crippen molar-refractivity contribution in [2.75, 3.05) is 5.32 Å². The lowest BCUT2D eigenvalue weighted by Crippen LogP contribution is -2.21. The van der Waals surface area contributed by atoms with Gasteiger partial charge in [0, 0.05) is 21.3 Å². The highest BCUT2D eigenvalue weighted by atomic mass is 35.5. The summed E-state index contributed by atoms with van der Waals surface area (Å²) in [6.07, 6.45) is 3.75. The summed E-state index contributed by atoms with van der Waals surface area (Å²) < 4.78 is 0. The number of anilines is 1. The van der Waals surface area contributed by atoms with Gasteiger partial charge in [0.2, 0.25) is 0 Å². The summed E-state index contributed by atoms with van der Waals surface area (Å²) in [7, 11) is 0. The maximum absolute atomic E-state index is 12.7. The summed E-state index contributed by atoms with van der Waals surface area (Å²) in [6.45, 7) is 5.37. The Labute approximate surface area is 202 Å². The quantitative estimate of drug-likeness (QED) is 0.227. The lowest BCUT2D eigenvalue weighted by Gasteiger charge is -2.16. The normalized spacial score (nSPS) is 11.4. The molecule has 0 aromatic heterocycles. The van der Waals surface area contributed by atoms with Gasteiger partial charge in [-0.25, -0.2) is 4.79 Å². The van der Waals surface area contributed by atoms with Crippen LogP contribution in [0.1, 0.15) is 52.6 Å². The molecule has 0 unspecified atom stereocenters. The molecule has 1 N–H and O–H groups in total. The Kier molecular flexibility index (Phi) is 7.92.